The van der Waals surface area contributed by atoms with Crippen LogP contribution >= 0.6 is 0 Å². The topological polar surface area (TPSA) is 62.2 Å². The average Bonchev–Trinajstić information content (AvgIpc) is 2.72. The molecule has 1 aromatic rings. The largest absolute Gasteiger partial charge is 0.497 e. The predicted octanol–water partition coefficient (Wildman–Crippen LogP) is 1.64. The third kappa shape index (κ3) is 3.81. The summed E-state index contributed by atoms with van der Waals surface area (Å²) in [5.41, 5.74) is 1.48. The van der Waals surface area contributed by atoms with Crippen LogP contribution in [0, 0.1) is 11.8 Å². The second-order valence-electron chi connectivity index (χ2n) is 8.24. The van der Waals surface area contributed by atoms with Crippen LogP contribution in [0.5, 0.6) is 5.75 Å². The molecular formula is C22H30N2O4. The molecule has 1 saturated heterocycles. The number of hydrogen-bond donors (Lipinski definition) is 1. The predicted molar refractivity (Wildman–Crippen MR) is 107 cm³/mol. The molecule has 0 bridgehead atoms. The summed E-state index contributed by atoms with van der Waals surface area (Å²) in [6.07, 6.45) is 2.30. The van der Waals surface area contributed by atoms with E-state index >= 15 is 0 Å². The Balaban J connectivity index is 1.50. The summed E-state index contributed by atoms with van der Waals surface area (Å²) >= 11 is 0. The van der Waals surface area contributed by atoms with Crippen LogP contribution in [-0.4, -0.2) is 79.8 Å². The maximum Gasteiger partial charge on any atom is 0.173 e. The number of allylic oxidation sites excluding steroid dienone is 1. The van der Waals surface area contributed by atoms with Crippen LogP contribution in [-0.2, 0) is 9.53 Å². The Bertz CT molecular complexity index is 725. The SMILES string of the molecule is COc1ccc(C2=COC3C(CCC(O)C3CN3CCN(C)CC3)C2=O)cc1. The average molecular weight is 386 g/mol. The zero-order chi connectivity index (χ0) is 19.7. The van der Waals surface area contributed by atoms with E-state index in [0.717, 1.165) is 44.0 Å². The summed E-state index contributed by atoms with van der Waals surface area (Å²) in [6.45, 7) is 4.86. The number of nitrogens with zero attached hydrogens (tertiary/aromatic N) is 2. The van der Waals surface area contributed by atoms with Crippen molar-refractivity contribution in [1.82, 2.24) is 9.80 Å². The number of fused-ring (bicyclic) bond motifs is 1. The normalized spacial score (nSPS) is 31.7. The molecule has 2 heterocycles. The van der Waals surface area contributed by atoms with Crippen LogP contribution in [0.4, 0.5) is 0 Å². The second-order valence-corrected chi connectivity index (χ2v) is 8.24. The Morgan fingerprint density at radius 3 is 2.54 bits per heavy atom. The zero-order valence-electron chi connectivity index (χ0n) is 16.7. The standard InChI is InChI=1S/C22H30N2O4/c1-23-9-11-24(12-10-23)13-18-20(25)8-7-17-21(26)19(14-28-22(17)18)15-3-5-16(27-2)6-4-15/h3-6,14,17-18,20,22,25H,7-13H2,1-2H3. The van der Waals surface area contributed by atoms with Crippen LogP contribution in [0.25, 0.3) is 5.57 Å². The van der Waals surface area contributed by atoms with Crippen LogP contribution < -0.4 is 4.74 Å². The minimum atomic E-state index is -0.412. The van der Waals surface area contributed by atoms with E-state index in [1.54, 1.807) is 13.4 Å². The summed E-state index contributed by atoms with van der Waals surface area (Å²) in [6, 6.07) is 7.50. The highest BCUT2D eigenvalue weighted by molar-refractivity contribution is 6.22. The Labute approximate surface area is 166 Å². The smallest absolute Gasteiger partial charge is 0.173 e. The lowest BCUT2D eigenvalue weighted by molar-refractivity contribution is -0.133. The summed E-state index contributed by atoms with van der Waals surface area (Å²) in [5.74, 6) is 0.693. The number of likely N-dealkylation sites (N-methyl/N-ethyl adjacent to an activating group) is 1. The fraction of sp³-hybridized carbons (Fsp3) is 0.591. The molecule has 1 N–H and O–H groups in total. The van der Waals surface area contributed by atoms with Crippen molar-refractivity contribution in [3.63, 3.8) is 0 Å². The number of hydrogen-bond acceptors (Lipinski definition) is 6. The highest BCUT2D eigenvalue weighted by atomic mass is 16.5. The van der Waals surface area contributed by atoms with E-state index in [9.17, 15) is 9.90 Å². The number of aliphatic hydroxyl groups is 1. The van der Waals surface area contributed by atoms with Gasteiger partial charge in [0, 0.05) is 38.6 Å². The van der Waals surface area contributed by atoms with Crippen LogP contribution in [0.1, 0.15) is 18.4 Å². The molecule has 0 radical (unpaired) electrons. The van der Waals surface area contributed by atoms with Gasteiger partial charge in [-0.1, -0.05) is 12.1 Å². The lowest BCUT2D eigenvalue weighted by Crippen LogP contribution is -2.54. The van der Waals surface area contributed by atoms with Gasteiger partial charge in [-0.2, -0.15) is 0 Å². The quantitative estimate of drug-likeness (QED) is 0.849. The number of ether oxygens (including phenoxy) is 2. The van der Waals surface area contributed by atoms with Gasteiger partial charge in [-0.05, 0) is 37.6 Å². The molecular weight excluding hydrogens is 356 g/mol. The fourth-order valence-corrected chi connectivity index (χ4v) is 4.66. The van der Waals surface area contributed by atoms with E-state index in [1.807, 2.05) is 24.3 Å². The third-order valence-electron chi connectivity index (χ3n) is 6.50. The van der Waals surface area contributed by atoms with Gasteiger partial charge in [0.2, 0.25) is 0 Å². The van der Waals surface area contributed by atoms with E-state index in [2.05, 4.69) is 16.8 Å². The van der Waals surface area contributed by atoms with Gasteiger partial charge in [-0.25, -0.2) is 0 Å². The number of benzene rings is 1. The first kappa shape index (κ1) is 19.4. The minimum absolute atomic E-state index is 0.0280. The van der Waals surface area contributed by atoms with E-state index in [-0.39, 0.29) is 23.7 Å². The molecule has 152 valence electrons. The molecule has 4 rings (SSSR count). The van der Waals surface area contributed by atoms with Crippen molar-refractivity contribution >= 4 is 11.4 Å². The summed E-state index contributed by atoms with van der Waals surface area (Å²) in [4.78, 5) is 17.9. The lowest BCUT2D eigenvalue weighted by atomic mass is 9.72. The molecule has 0 aromatic heterocycles. The molecule has 6 heteroatoms. The molecule has 28 heavy (non-hydrogen) atoms. The molecule has 1 aliphatic carbocycles. The van der Waals surface area contributed by atoms with Crippen molar-refractivity contribution in [2.75, 3.05) is 46.9 Å². The number of rotatable bonds is 4. The number of ketones is 1. The molecule has 6 nitrogen and oxygen atoms in total. The van der Waals surface area contributed by atoms with Crippen molar-refractivity contribution in [3.05, 3.63) is 36.1 Å². The fourth-order valence-electron chi connectivity index (χ4n) is 4.66. The van der Waals surface area contributed by atoms with Crippen LogP contribution in [0.2, 0.25) is 0 Å². The monoisotopic (exact) mass is 386 g/mol. The van der Waals surface area contributed by atoms with Gasteiger partial charge in [-0.3, -0.25) is 4.79 Å². The Hall–Kier alpha value is -1.89. The van der Waals surface area contributed by atoms with E-state index in [0.29, 0.717) is 18.4 Å². The first-order chi connectivity index (χ1) is 13.6. The van der Waals surface area contributed by atoms with Crippen molar-refractivity contribution < 1.29 is 19.4 Å². The number of aliphatic hydroxyl groups excluding tert-OH is 1. The summed E-state index contributed by atoms with van der Waals surface area (Å²) < 4.78 is 11.3. The number of Topliss-reactive ketones (excluding diaryl/α,β-unsaturated/α-hetero) is 1. The molecule has 0 amide bonds. The highest BCUT2D eigenvalue weighted by Gasteiger charge is 2.46. The van der Waals surface area contributed by atoms with Gasteiger partial charge in [0.25, 0.3) is 0 Å². The van der Waals surface area contributed by atoms with Gasteiger partial charge in [-0.15, -0.1) is 0 Å². The van der Waals surface area contributed by atoms with Crippen molar-refractivity contribution in [1.29, 1.82) is 0 Å². The molecule has 2 fully saturated rings. The maximum absolute atomic E-state index is 13.2. The zero-order valence-corrected chi connectivity index (χ0v) is 16.7. The second kappa shape index (κ2) is 8.23. The summed E-state index contributed by atoms with van der Waals surface area (Å²) in [7, 11) is 3.76. The lowest BCUT2D eigenvalue weighted by Gasteiger charge is -2.44. The minimum Gasteiger partial charge on any atom is -0.497 e. The molecule has 0 spiro atoms. The molecule has 3 aliphatic rings. The Morgan fingerprint density at radius 2 is 1.86 bits per heavy atom. The molecule has 2 aliphatic heterocycles. The number of methoxy groups -OCH3 is 1. The molecule has 1 saturated carbocycles. The van der Waals surface area contributed by atoms with E-state index in [4.69, 9.17) is 9.47 Å². The van der Waals surface area contributed by atoms with Gasteiger partial charge in [0.1, 0.15) is 11.9 Å². The first-order valence-electron chi connectivity index (χ1n) is 10.2. The maximum atomic E-state index is 13.2. The third-order valence-corrected chi connectivity index (χ3v) is 6.50. The van der Waals surface area contributed by atoms with Gasteiger partial charge in [0.05, 0.1) is 31.0 Å². The first-order valence-corrected chi connectivity index (χ1v) is 10.2. The van der Waals surface area contributed by atoms with Gasteiger partial charge < -0.3 is 24.4 Å². The number of carbonyl (C=O) groups is 1. The Morgan fingerprint density at radius 1 is 1.14 bits per heavy atom. The summed E-state index contributed by atoms with van der Waals surface area (Å²) in [5, 5.41) is 10.7. The van der Waals surface area contributed by atoms with Gasteiger partial charge in [0.15, 0.2) is 5.78 Å². The highest BCUT2D eigenvalue weighted by Crippen LogP contribution is 2.40. The number of piperazine rings is 1. The molecule has 4 atom stereocenters. The van der Waals surface area contributed by atoms with Crippen molar-refractivity contribution in [3.8, 4) is 5.75 Å². The van der Waals surface area contributed by atoms with E-state index < -0.39 is 6.10 Å². The van der Waals surface area contributed by atoms with Gasteiger partial charge >= 0.3 is 0 Å². The van der Waals surface area contributed by atoms with E-state index in [1.165, 1.54) is 0 Å². The van der Waals surface area contributed by atoms with Crippen LogP contribution in [0.3, 0.4) is 0 Å². The van der Waals surface area contributed by atoms with Crippen LogP contribution in [0.15, 0.2) is 30.5 Å². The molecule has 4 unspecified atom stereocenters. The van der Waals surface area contributed by atoms with Crippen molar-refractivity contribution in [2.24, 2.45) is 11.8 Å². The Kier molecular flexibility index (Phi) is 5.71. The van der Waals surface area contributed by atoms with Crippen molar-refractivity contribution in [2.45, 2.75) is 25.0 Å². The molecule has 1 aromatic carbocycles. The number of carbonyl (C=O) groups excluding carboxylic acids is 1.